The summed E-state index contributed by atoms with van der Waals surface area (Å²) in [5.41, 5.74) is 2.54. The second kappa shape index (κ2) is 5.01. The minimum atomic E-state index is 1.14. The Morgan fingerprint density at radius 3 is 2.14 bits per heavy atom. The quantitative estimate of drug-likeness (QED) is 0.377. The molecule has 0 amide bonds. The first-order valence-electron chi connectivity index (χ1n) is 6.99. The average molecular weight is 333 g/mol. The van der Waals surface area contributed by atoms with Gasteiger partial charge in [-0.2, -0.15) is 0 Å². The van der Waals surface area contributed by atoms with Gasteiger partial charge in [-0.05, 0) is 44.8 Å². The molecule has 0 fully saturated rings. The van der Waals surface area contributed by atoms with Gasteiger partial charge in [-0.15, -0.1) is 0 Å². The standard InChI is InChI=1S/C20H13Br/c21-20-12-11-17(18-7-3-4-8-19(18)20)16-10-9-14-5-1-2-6-15(14)13-16/h1-13H. The maximum Gasteiger partial charge on any atom is 0.0254 e. The third-order valence-electron chi connectivity index (χ3n) is 3.93. The van der Waals surface area contributed by atoms with E-state index in [9.17, 15) is 0 Å². The minimum absolute atomic E-state index is 1.14. The largest absolute Gasteiger partial charge is 0.0616 e. The molecule has 0 nitrogen and oxygen atoms in total. The highest BCUT2D eigenvalue weighted by Gasteiger charge is 2.06. The Bertz CT molecular complexity index is 954. The molecule has 0 saturated carbocycles. The first-order valence-corrected chi connectivity index (χ1v) is 7.79. The Morgan fingerprint density at radius 2 is 1.29 bits per heavy atom. The maximum atomic E-state index is 3.64. The first-order chi connectivity index (χ1) is 10.3. The van der Waals surface area contributed by atoms with E-state index < -0.39 is 0 Å². The van der Waals surface area contributed by atoms with Crippen molar-refractivity contribution < 1.29 is 0 Å². The van der Waals surface area contributed by atoms with E-state index in [1.165, 1.54) is 32.7 Å². The SMILES string of the molecule is Brc1ccc(-c2ccc3ccccc3c2)c2ccccc12. The Hall–Kier alpha value is -2.12. The lowest BCUT2D eigenvalue weighted by molar-refractivity contribution is 1.66. The number of fused-ring (bicyclic) bond motifs is 2. The summed E-state index contributed by atoms with van der Waals surface area (Å²) in [5, 5.41) is 5.09. The number of halogens is 1. The van der Waals surface area contributed by atoms with Crippen molar-refractivity contribution in [2.24, 2.45) is 0 Å². The Kier molecular flexibility index (Phi) is 3.01. The molecule has 0 bridgehead atoms. The van der Waals surface area contributed by atoms with E-state index in [1.807, 2.05) is 0 Å². The smallest absolute Gasteiger partial charge is 0.0254 e. The van der Waals surface area contributed by atoms with Crippen LogP contribution >= 0.6 is 15.9 Å². The molecule has 0 aromatic heterocycles. The number of hydrogen-bond donors (Lipinski definition) is 0. The Balaban J connectivity index is 2.02. The fourth-order valence-corrected chi connectivity index (χ4v) is 3.35. The molecular weight excluding hydrogens is 320 g/mol. The molecule has 0 spiro atoms. The summed E-state index contributed by atoms with van der Waals surface area (Å²) in [7, 11) is 0. The normalized spacial score (nSPS) is 11.1. The molecule has 0 unspecified atom stereocenters. The fourth-order valence-electron chi connectivity index (χ4n) is 2.87. The van der Waals surface area contributed by atoms with Crippen LogP contribution in [0.4, 0.5) is 0 Å². The van der Waals surface area contributed by atoms with E-state index >= 15 is 0 Å². The van der Waals surface area contributed by atoms with Crippen molar-refractivity contribution in [3.8, 4) is 11.1 Å². The molecule has 4 rings (SSSR count). The van der Waals surface area contributed by atoms with Crippen molar-refractivity contribution >= 4 is 37.5 Å². The Labute approximate surface area is 132 Å². The molecule has 0 heterocycles. The van der Waals surface area contributed by atoms with E-state index in [4.69, 9.17) is 0 Å². The number of hydrogen-bond acceptors (Lipinski definition) is 0. The molecule has 100 valence electrons. The first kappa shape index (κ1) is 12.6. The van der Waals surface area contributed by atoms with Gasteiger partial charge in [-0.1, -0.05) is 82.7 Å². The van der Waals surface area contributed by atoms with Crippen molar-refractivity contribution in [3.63, 3.8) is 0 Å². The van der Waals surface area contributed by atoms with Crippen LogP contribution in [0.1, 0.15) is 0 Å². The zero-order chi connectivity index (χ0) is 14.2. The van der Waals surface area contributed by atoms with Crippen LogP contribution in [0.2, 0.25) is 0 Å². The maximum absolute atomic E-state index is 3.64. The van der Waals surface area contributed by atoms with E-state index in [-0.39, 0.29) is 0 Å². The highest BCUT2D eigenvalue weighted by atomic mass is 79.9. The van der Waals surface area contributed by atoms with Crippen molar-refractivity contribution in [3.05, 3.63) is 83.3 Å². The lowest BCUT2D eigenvalue weighted by atomic mass is 9.96. The minimum Gasteiger partial charge on any atom is -0.0616 e. The molecule has 0 aliphatic heterocycles. The molecule has 0 aliphatic carbocycles. The van der Waals surface area contributed by atoms with Gasteiger partial charge in [-0.25, -0.2) is 0 Å². The van der Waals surface area contributed by atoms with E-state index in [2.05, 4.69) is 94.8 Å². The predicted octanol–water partition coefficient (Wildman–Crippen LogP) is 6.42. The van der Waals surface area contributed by atoms with Gasteiger partial charge in [0.05, 0.1) is 0 Å². The van der Waals surface area contributed by atoms with Crippen LogP contribution in [0.5, 0.6) is 0 Å². The molecule has 21 heavy (non-hydrogen) atoms. The molecule has 4 aromatic carbocycles. The van der Waals surface area contributed by atoms with Crippen LogP contribution in [-0.2, 0) is 0 Å². The Morgan fingerprint density at radius 1 is 0.571 bits per heavy atom. The lowest BCUT2D eigenvalue weighted by Crippen LogP contribution is -1.83. The zero-order valence-electron chi connectivity index (χ0n) is 11.4. The molecule has 0 N–H and O–H groups in total. The molecule has 4 aromatic rings. The van der Waals surface area contributed by atoms with Crippen LogP contribution in [0.3, 0.4) is 0 Å². The van der Waals surface area contributed by atoms with Crippen molar-refractivity contribution in [2.75, 3.05) is 0 Å². The van der Waals surface area contributed by atoms with Gasteiger partial charge in [0.25, 0.3) is 0 Å². The van der Waals surface area contributed by atoms with Crippen LogP contribution in [0, 0.1) is 0 Å². The molecule has 0 aliphatic rings. The lowest BCUT2D eigenvalue weighted by Gasteiger charge is -2.09. The summed E-state index contributed by atoms with van der Waals surface area (Å²) in [6, 6.07) is 28.0. The van der Waals surface area contributed by atoms with Crippen molar-refractivity contribution in [1.29, 1.82) is 0 Å². The molecular formula is C20H13Br. The topological polar surface area (TPSA) is 0 Å². The second-order valence-corrected chi connectivity index (χ2v) is 6.06. The van der Waals surface area contributed by atoms with Crippen LogP contribution in [0.25, 0.3) is 32.7 Å². The van der Waals surface area contributed by atoms with Gasteiger partial charge in [0.1, 0.15) is 0 Å². The van der Waals surface area contributed by atoms with Crippen LogP contribution in [0.15, 0.2) is 83.3 Å². The van der Waals surface area contributed by atoms with E-state index in [0.29, 0.717) is 0 Å². The summed E-state index contributed by atoms with van der Waals surface area (Å²) in [5.74, 6) is 0. The van der Waals surface area contributed by atoms with Crippen LogP contribution in [-0.4, -0.2) is 0 Å². The number of benzene rings is 4. The van der Waals surface area contributed by atoms with Crippen molar-refractivity contribution in [2.45, 2.75) is 0 Å². The monoisotopic (exact) mass is 332 g/mol. The number of rotatable bonds is 1. The summed E-state index contributed by atoms with van der Waals surface area (Å²) in [4.78, 5) is 0. The van der Waals surface area contributed by atoms with Gasteiger partial charge < -0.3 is 0 Å². The zero-order valence-corrected chi connectivity index (χ0v) is 13.0. The molecule has 0 saturated heterocycles. The molecule has 0 atom stereocenters. The van der Waals surface area contributed by atoms with Crippen molar-refractivity contribution in [1.82, 2.24) is 0 Å². The second-order valence-electron chi connectivity index (χ2n) is 5.20. The van der Waals surface area contributed by atoms with Gasteiger partial charge in [0, 0.05) is 4.47 Å². The van der Waals surface area contributed by atoms with Gasteiger partial charge in [0.15, 0.2) is 0 Å². The van der Waals surface area contributed by atoms with E-state index in [1.54, 1.807) is 0 Å². The van der Waals surface area contributed by atoms with E-state index in [0.717, 1.165) is 4.47 Å². The highest BCUT2D eigenvalue weighted by Crippen LogP contribution is 2.34. The summed E-state index contributed by atoms with van der Waals surface area (Å²) < 4.78 is 1.14. The summed E-state index contributed by atoms with van der Waals surface area (Å²) in [6.45, 7) is 0. The highest BCUT2D eigenvalue weighted by molar-refractivity contribution is 9.10. The fraction of sp³-hybridized carbons (Fsp3) is 0. The molecule has 1 heteroatoms. The third kappa shape index (κ3) is 2.14. The summed E-state index contributed by atoms with van der Waals surface area (Å²) >= 11 is 3.64. The summed E-state index contributed by atoms with van der Waals surface area (Å²) in [6.07, 6.45) is 0. The van der Waals surface area contributed by atoms with Gasteiger partial charge in [0.2, 0.25) is 0 Å². The van der Waals surface area contributed by atoms with Crippen LogP contribution < -0.4 is 0 Å². The van der Waals surface area contributed by atoms with Gasteiger partial charge >= 0.3 is 0 Å². The third-order valence-corrected chi connectivity index (χ3v) is 4.62. The molecule has 0 radical (unpaired) electrons. The predicted molar refractivity (Wildman–Crippen MR) is 94.6 cm³/mol. The average Bonchev–Trinajstić information content (AvgIpc) is 2.55. The van der Waals surface area contributed by atoms with Gasteiger partial charge in [-0.3, -0.25) is 0 Å².